The second-order valence-electron chi connectivity index (χ2n) is 6.89. The first-order valence-electron chi connectivity index (χ1n) is 9.50. The van der Waals surface area contributed by atoms with Crippen LogP contribution in [0.1, 0.15) is 5.56 Å². The molecule has 0 saturated heterocycles. The summed E-state index contributed by atoms with van der Waals surface area (Å²) < 4.78 is 5.63. The van der Waals surface area contributed by atoms with Crippen LogP contribution in [0.3, 0.4) is 0 Å². The van der Waals surface area contributed by atoms with Crippen molar-refractivity contribution in [2.24, 2.45) is 0 Å². The first-order chi connectivity index (χ1) is 13.7. The lowest BCUT2D eigenvalue weighted by atomic mass is 10.0. The van der Waals surface area contributed by atoms with Gasteiger partial charge >= 0.3 is 0 Å². The van der Waals surface area contributed by atoms with Crippen molar-refractivity contribution in [1.82, 2.24) is 10.3 Å². The van der Waals surface area contributed by atoms with Crippen LogP contribution >= 0.6 is 0 Å². The number of nitrogens with one attached hydrogen (secondary N) is 2. The minimum atomic E-state index is -0.532. The Hall–Kier alpha value is -3.02. The minimum Gasteiger partial charge on any atom is -0.507 e. The number of aliphatic hydroxyl groups excluding tert-OH is 1. The van der Waals surface area contributed by atoms with Gasteiger partial charge < -0.3 is 25.3 Å². The number of phenols is 1. The number of ether oxygens (including phenoxy) is 1. The topological polar surface area (TPSA) is 77.5 Å². The fourth-order valence-corrected chi connectivity index (χ4v) is 3.52. The van der Waals surface area contributed by atoms with E-state index in [1.54, 1.807) is 6.07 Å². The summed E-state index contributed by atoms with van der Waals surface area (Å²) in [6.07, 6.45) is -0.0354. The highest BCUT2D eigenvalue weighted by molar-refractivity contribution is 6.11. The molecule has 28 heavy (non-hydrogen) atoms. The molecule has 1 unspecified atom stereocenters. The van der Waals surface area contributed by atoms with Crippen LogP contribution in [0, 0.1) is 0 Å². The number of aromatic hydroxyl groups is 1. The molecule has 0 aliphatic rings. The summed E-state index contributed by atoms with van der Waals surface area (Å²) in [6, 6.07) is 21.1. The summed E-state index contributed by atoms with van der Waals surface area (Å²) in [5.41, 5.74) is 2.84. The quantitative estimate of drug-likeness (QED) is 0.354. The molecule has 0 saturated carbocycles. The molecule has 0 amide bonds. The van der Waals surface area contributed by atoms with E-state index < -0.39 is 6.10 Å². The highest BCUT2D eigenvalue weighted by Gasteiger charge is 2.14. The number of hydrogen-bond donors (Lipinski definition) is 4. The Morgan fingerprint density at radius 1 is 0.964 bits per heavy atom. The van der Waals surface area contributed by atoms with Crippen LogP contribution in [0.25, 0.3) is 21.8 Å². The Balaban J connectivity index is 1.36. The molecule has 1 heterocycles. The van der Waals surface area contributed by atoms with Crippen molar-refractivity contribution in [3.63, 3.8) is 0 Å². The van der Waals surface area contributed by atoms with Crippen molar-refractivity contribution < 1.29 is 14.9 Å². The van der Waals surface area contributed by atoms with Crippen LogP contribution < -0.4 is 10.1 Å². The Kier molecular flexibility index (Phi) is 5.46. The fourth-order valence-electron chi connectivity index (χ4n) is 3.52. The zero-order chi connectivity index (χ0) is 19.3. The van der Waals surface area contributed by atoms with Crippen LogP contribution in [0.15, 0.2) is 66.7 Å². The zero-order valence-electron chi connectivity index (χ0n) is 15.6. The van der Waals surface area contributed by atoms with Gasteiger partial charge in [0.25, 0.3) is 0 Å². The molecule has 4 N–H and O–H groups in total. The standard InChI is InChI=1S/C23H24N2O3/c26-17(15-24-12-13-28-18-6-2-1-3-7-18)14-16-10-11-21(27)22-19-8-4-5-9-20(19)25-23(16)22/h1-11,17,24-27H,12-15H2. The van der Waals surface area contributed by atoms with Gasteiger partial charge in [-0.05, 0) is 29.8 Å². The van der Waals surface area contributed by atoms with Crippen molar-refractivity contribution >= 4 is 21.8 Å². The molecule has 0 aliphatic carbocycles. The molecule has 5 heteroatoms. The van der Waals surface area contributed by atoms with Gasteiger partial charge in [-0.1, -0.05) is 42.5 Å². The molecule has 0 aliphatic heterocycles. The molecule has 0 bridgehead atoms. The average molecular weight is 376 g/mol. The van der Waals surface area contributed by atoms with Crippen LogP contribution in [0.2, 0.25) is 0 Å². The smallest absolute Gasteiger partial charge is 0.125 e. The number of hydrogen-bond acceptors (Lipinski definition) is 4. The Bertz CT molecular complexity index is 1060. The molecular weight excluding hydrogens is 352 g/mol. The third-order valence-electron chi connectivity index (χ3n) is 4.85. The van der Waals surface area contributed by atoms with E-state index in [-0.39, 0.29) is 5.75 Å². The Morgan fingerprint density at radius 3 is 2.61 bits per heavy atom. The van der Waals surface area contributed by atoms with Gasteiger partial charge in [-0.15, -0.1) is 0 Å². The fraction of sp³-hybridized carbons (Fsp3) is 0.217. The van der Waals surface area contributed by atoms with E-state index in [2.05, 4.69) is 10.3 Å². The first kappa shape index (κ1) is 18.3. The number of H-pyrrole nitrogens is 1. The molecule has 5 nitrogen and oxygen atoms in total. The number of aromatic nitrogens is 1. The largest absolute Gasteiger partial charge is 0.507 e. The van der Waals surface area contributed by atoms with Crippen molar-refractivity contribution in [1.29, 1.82) is 0 Å². The highest BCUT2D eigenvalue weighted by atomic mass is 16.5. The van der Waals surface area contributed by atoms with E-state index in [4.69, 9.17) is 4.74 Å². The molecule has 4 aromatic rings. The summed E-state index contributed by atoms with van der Waals surface area (Å²) in [4.78, 5) is 3.38. The third kappa shape index (κ3) is 3.96. The second-order valence-corrected chi connectivity index (χ2v) is 6.89. The third-order valence-corrected chi connectivity index (χ3v) is 4.85. The Morgan fingerprint density at radius 2 is 1.75 bits per heavy atom. The predicted molar refractivity (Wildman–Crippen MR) is 112 cm³/mol. The minimum absolute atomic E-state index is 0.252. The molecule has 1 aromatic heterocycles. The summed E-state index contributed by atoms with van der Waals surface area (Å²) in [5, 5.41) is 25.8. The lowest BCUT2D eigenvalue weighted by Gasteiger charge is -2.13. The maximum absolute atomic E-state index is 10.4. The maximum atomic E-state index is 10.4. The van der Waals surface area contributed by atoms with Gasteiger partial charge in [-0.25, -0.2) is 0 Å². The first-order valence-corrected chi connectivity index (χ1v) is 9.50. The number of fused-ring (bicyclic) bond motifs is 3. The molecule has 0 spiro atoms. The van der Waals surface area contributed by atoms with Gasteiger partial charge in [0.15, 0.2) is 0 Å². The van der Waals surface area contributed by atoms with Gasteiger partial charge in [0.2, 0.25) is 0 Å². The van der Waals surface area contributed by atoms with Crippen LogP contribution in [0.4, 0.5) is 0 Å². The van der Waals surface area contributed by atoms with Crippen molar-refractivity contribution in [2.45, 2.75) is 12.5 Å². The Labute approximate surface area is 163 Å². The SMILES string of the molecule is Oc1ccc(CC(O)CNCCOc2ccccc2)c2[nH]c3ccccc3c12. The number of benzene rings is 3. The van der Waals surface area contributed by atoms with Crippen LogP contribution in [-0.2, 0) is 6.42 Å². The lowest BCUT2D eigenvalue weighted by molar-refractivity contribution is 0.169. The second kappa shape index (κ2) is 8.33. The van der Waals surface area contributed by atoms with Gasteiger partial charge in [-0.2, -0.15) is 0 Å². The van der Waals surface area contributed by atoms with Gasteiger partial charge in [0.1, 0.15) is 18.1 Å². The molecule has 0 radical (unpaired) electrons. The van der Waals surface area contributed by atoms with E-state index in [0.29, 0.717) is 26.1 Å². The van der Waals surface area contributed by atoms with Crippen molar-refractivity contribution in [3.05, 3.63) is 72.3 Å². The number of phenolic OH excluding ortho intramolecular Hbond substituents is 1. The zero-order valence-corrected chi connectivity index (χ0v) is 15.6. The summed E-state index contributed by atoms with van der Waals surface area (Å²) in [6.45, 7) is 1.67. The summed E-state index contributed by atoms with van der Waals surface area (Å²) in [5.74, 6) is 1.09. The van der Waals surface area contributed by atoms with E-state index in [1.165, 1.54) is 0 Å². The van der Waals surface area contributed by atoms with Crippen molar-refractivity contribution in [2.75, 3.05) is 19.7 Å². The van der Waals surface area contributed by atoms with E-state index in [0.717, 1.165) is 33.1 Å². The molecule has 4 rings (SSSR count). The van der Waals surface area contributed by atoms with Crippen LogP contribution in [0.5, 0.6) is 11.5 Å². The normalized spacial score (nSPS) is 12.5. The maximum Gasteiger partial charge on any atom is 0.125 e. The van der Waals surface area contributed by atoms with Gasteiger partial charge in [0, 0.05) is 35.8 Å². The monoisotopic (exact) mass is 376 g/mol. The van der Waals surface area contributed by atoms with Gasteiger partial charge in [-0.3, -0.25) is 0 Å². The number of aromatic amines is 1. The summed E-state index contributed by atoms with van der Waals surface area (Å²) >= 11 is 0. The average Bonchev–Trinajstić information content (AvgIpc) is 3.11. The van der Waals surface area contributed by atoms with E-state index in [9.17, 15) is 10.2 Å². The van der Waals surface area contributed by atoms with Crippen molar-refractivity contribution in [3.8, 4) is 11.5 Å². The van der Waals surface area contributed by atoms with E-state index in [1.807, 2.05) is 60.7 Å². The number of rotatable bonds is 8. The van der Waals surface area contributed by atoms with Crippen LogP contribution in [-0.4, -0.2) is 41.0 Å². The summed E-state index contributed by atoms with van der Waals surface area (Å²) in [7, 11) is 0. The van der Waals surface area contributed by atoms with Gasteiger partial charge in [0.05, 0.1) is 11.6 Å². The lowest BCUT2D eigenvalue weighted by Crippen LogP contribution is -2.31. The number of aliphatic hydroxyl groups is 1. The molecular formula is C23H24N2O3. The molecule has 144 valence electrons. The molecule has 1 atom stereocenters. The highest BCUT2D eigenvalue weighted by Crippen LogP contribution is 2.34. The number of para-hydroxylation sites is 2. The molecule has 3 aromatic carbocycles. The molecule has 0 fully saturated rings. The van der Waals surface area contributed by atoms with E-state index >= 15 is 0 Å². The predicted octanol–water partition coefficient (Wildman–Crippen LogP) is 3.60.